The molecule has 0 heterocycles. The van der Waals surface area contributed by atoms with Crippen LogP contribution < -0.4 is 0 Å². The third kappa shape index (κ3) is 4.96. The maximum atomic E-state index is 8.84. The first-order valence-corrected chi connectivity index (χ1v) is 6.20. The zero-order valence-corrected chi connectivity index (χ0v) is 10.1. The van der Waals surface area contributed by atoms with Gasteiger partial charge in [0.05, 0.1) is 12.7 Å². The normalized spacial score (nSPS) is 17.4. The lowest BCUT2D eigenvalue weighted by molar-refractivity contribution is 0.0336. The second kappa shape index (κ2) is 7.20. The predicted octanol–water partition coefficient (Wildman–Crippen LogP) is 1.65. The van der Waals surface area contributed by atoms with Crippen LogP contribution in [-0.2, 0) is 4.74 Å². The van der Waals surface area contributed by atoms with E-state index < -0.39 is 0 Å². The third-order valence-electron chi connectivity index (χ3n) is 3.02. The van der Waals surface area contributed by atoms with Crippen molar-refractivity contribution in [3.05, 3.63) is 0 Å². The molecule has 1 saturated carbocycles. The first-order chi connectivity index (χ1) is 7.24. The van der Waals surface area contributed by atoms with Crippen molar-refractivity contribution in [2.45, 2.75) is 51.7 Å². The van der Waals surface area contributed by atoms with Gasteiger partial charge in [-0.05, 0) is 33.1 Å². The summed E-state index contributed by atoms with van der Waals surface area (Å²) in [6.45, 7) is 7.29. The van der Waals surface area contributed by atoms with Crippen LogP contribution in [0.2, 0.25) is 0 Å². The Morgan fingerprint density at radius 2 is 2.07 bits per heavy atom. The van der Waals surface area contributed by atoms with Crippen molar-refractivity contribution in [1.29, 1.82) is 0 Å². The van der Waals surface area contributed by atoms with Crippen LogP contribution in [0.4, 0.5) is 0 Å². The summed E-state index contributed by atoms with van der Waals surface area (Å²) in [5.41, 5.74) is 0. The number of ether oxygens (including phenoxy) is 1. The Hall–Kier alpha value is -0.120. The summed E-state index contributed by atoms with van der Waals surface area (Å²) in [7, 11) is 0. The Labute approximate surface area is 93.4 Å². The highest BCUT2D eigenvalue weighted by Crippen LogP contribution is 2.24. The summed E-state index contributed by atoms with van der Waals surface area (Å²) in [4.78, 5) is 2.47. The van der Waals surface area contributed by atoms with Crippen molar-refractivity contribution in [3.8, 4) is 0 Å². The van der Waals surface area contributed by atoms with E-state index in [-0.39, 0.29) is 0 Å². The van der Waals surface area contributed by atoms with E-state index in [2.05, 4.69) is 18.7 Å². The molecule has 1 N–H and O–H groups in total. The molecule has 3 heteroatoms. The van der Waals surface area contributed by atoms with Gasteiger partial charge in [-0.2, -0.15) is 0 Å². The first kappa shape index (κ1) is 12.9. The van der Waals surface area contributed by atoms with Gasteiger partial charge in [-0.3, -0.25) is 4.90 Å². The van der Waals surface area contributed by atoms with Crippen molar-refractivity contribution < 1.29 is 9.84 Å². The molecule has 0 atom stereocenters. The quantitative estimate of drug-likeness (QED) is 0.668. The van der Waals surface area contributed by atoms with Crippen LogP contribution in [-0.4, -0.2) is 48.5 Å². The summed E-state index contributed by atoms with van der Waals surface area (Å²) >= 11 is 0. The molecule has 1 fully saturated rings. The summed E-state index contributed by atoms with van der Waals surface area (Å²) in [5.74, 6) is 0. The molecule has 0 aromatic carbocycles. The molecule has 0 aromatic heterocycles. The minimum atomic E-state index is 0.300. The monoisotopic (exact) mass is 215 g/mol. The van der Waals surface area contributed by atoms with E-state index in [0.29, 0.717) is 12.7 Å². The van der Waals surface area contributed by atoms with Gasteiger partial charge in [0.25, 0.3) is 0 Å². The highest BCUT2D eigenvalue weighted by Gasteiger charge is 2.23. The van der Waals surface area contributed by atoms with Crippen LogP contribution in [0.5, 0.6) is 0 Å². The molecular weight excluding hydrogens is 190 g/mol. The molecule has 3 nitrogen and oxygen atoms in total. The Morgan fingerprint density at radius 1 is 1.33 bits per heavy atom. The van der Waals surface area contributed by atoms with Crippen molar-refractivity contribution in [3.63, 3.8) is 0 Å². The summed E-state index contributed by atoms with van der Waals surface area (Å²) in [6.07, 6.45) is 5.23. The molecule has 0 radical (unpaired) electrons. The van der Waals surface area contributed by atoms with Crippen LogP contribution in [0.25, 0.3) is 0 Å². The summed E-state index contributed by atoms with van der Waals surface area (Å²) in [5, 5.41) is 8.84. The molecule has 15 heavy (non-hydrogen) atoms. The molecule has 0 aromatic rings. The number of nitrogens with zero attached hydrogens (tertiary/aromatic N) is 1. The van der Waals surface area contributed by atoms with E-state index in [9.17, 15) is 0 Å². The molecule has 90 valence electrons. The predicted molar refractivity (Wildman–Crippen MR) is 62.0 cm³/mol. The summed E-state index contributed by atoms with van der Waals surface area (Å²) in [6, 6.07) is 0.757. The number of hydrogen-bond acceptors (Lipinski definition) is 3. The maximum absolute atomic E-state index is 8.84. The molecule has 0 bridgehead atoms. The molecule has 0 amide bonds. The lowest BCUT2D eigenvalue weighted by Gasteiger charge is -2.37. The van der Waals surface area contributed by atoms with E-state index in [1.165, 1.54) is 19.3 Å². The lowest BCUT2D eigenvalue weighted by Crippen LogP contribution is -2.43. The Morgan fingerprint density at radius 3 is 2.53 bits per heavy atom. The molecule has 0 spiro atoms. The molecule has 0 aliphatic heterocycles. The van der Waals surface area contributed by atoms with Gasteiger partial charge in [0, 0.05) is 25.7 Å². The van der Waals surface area contributed by atoms with Crippen molar-refractivity contribution in [2.24, 2.45) is 0 Å². The maximum Gasteiger partial charge on any atom is 0.0597 e. The number of rotatable bonds is 8. The topological polar surface area (TPSA) is 32.7 Å². The standard InChI is InChI=1S/C12H25NO2/c1-11(2)15-10-8-13(7-4-9-14)12-5-3-6-12/h11-12,14H,3-10H2,1-2H3. The van der Waals surface area contributed by atoms with Gasteiger partial charge < -0.3 is 9.84 Å². The lowest BCUT2D eigenvalue weighted by atomic mass is 9.91. The van der Waals surface area contributed by atoms with Gasteiger partial charge in [0.2, 0.25) is 0 Å². The molecule has 0 saturated heterocycles. The highest BCUT2D eigenvalue weighted by atomic mass is 16.5. The van der Waals surface area contributed by atoms with Crippen LogP contribution in [0.3, 0.4) is 0 Å². The number of aliphatic hydroxyl groups is 1. The second-order valence-electron chi connectivity index (χ2n) is 4.62. The van der Waals surface area contributed by atoms with Crippen LogP contribution in [0.15, 0.2) is 0 Å². The van der Waals surface area contributed by atoms with Crippen LogP contribution in [0, 0.1) is 0 Å². The second-order valence-corrected chi connectivity index (χ2v) is 4.62. The minimum Gasteiger partial charge on any atom is -0.396 e. The average molecular weight is 215 g/mol. The molecule has 1 aliphatic carbocycles. The van der Waals surface area contributed by atoms with Gasteiger partial charge in [0.1, 0.15) is 0 Å². The number of aliphatic hydroxyl groups excluding tert-OH is 1. The largest absolute Gasteiger partial charge is 0.396 e. The minimum absolute atomic E-state index is 0.300. The Bertz CT molecular complexity index is 158. The third-order valence-corrected chi connectivity index (χ3v) is 3.02. The van der Waals surface area contributed by atoms with Crippen molar-refractivity contribution in [1.82, 2.24) is 4.90 Å². The molecule has 0 unspecified atom stereocenters. The van der Waals surface area contributed by atoms with Gasteiger partial charge in [-0.1, -0.05) is 6.42 Å². The van der Waals surface area contributed by atoms with Crippen LogP contribution >= 0.6 is 0 Å². The van der Waals surface area contributed by atoms with Gasteiger partial charge in [-0.25, -0.2) is 0 Å². The SMILES string of the molecule is CC(C)OCCN(CCCO)C1CCC1. The fourth-order valence-electron chi connectivity index (χ4n) is 1.91. The van der Waals surface area contributed by atoms with Gasteiger partial charge >= 0.3 is 0 Å². The zero-order chi connectivity index (χ0) is 11.1. The van der Waals surface area contributed by atoms with E-state index in [1.807, 2.05) is 0 Å². The fraction of sp³-hybridized carbons (Fsp3) is 1.00. The average Bonchev–Trinajstić information content (AvgIpc) is 2.10. The van der Waals surface area contributed by atoms with Gasteiger partial charge in [0.15, 0.2) is 0 Å². The van der Waals surface area contributed by atoms with Crippen LogP contribution in [0.1, 0.15) is 39.5 Å². The van der Waals surface area contributed by atoms with E-state index >= 15 is 0 Å². The smallest absolute Gasteiger partial charge is 0.0597 e. The van der Waals surface area contributed by atoms with E-state index in [0.717, 1.165) is 32.2 Å². The molecular formula is C12H25NO2. The Kier molecular flexibility index (Phi) is 6.22. The van der Waals surface area contributed by atoms with Gasteiger partial charge in [-0.15, -0.1) is 0 Å². The number of hydrogen-bond donors (Lipinski definition) is 1. The van der Waals surface area contributed by atoms with E-state index in [1.54, 1.807) is 0 Å². The zero-order valence-electron chi connectivity index (χ0n) is 10.1. The first-order valence-electron chi connectivity index (χ1n) is 6.20. The fourth-order valence-corrected chi connectivity index (χ4v) is 1.91. The van der Waals surface area contributed by atoms with Crippen molar-refractivity contribution >= 4 is 0 Å². The highest BCUT2D eigenvalue weighted by molar-refractivity contribution is 4.79. The Balaban J connectivity index is 2.16. The summed E-state index contributed by atoms with van der Waals surface area (Å²) < 4.78 is 5.57. The van der Waals surface area contributed by atoms with E-state index in [4.69, 9.17) is 9.84 Å². The molecule has 1 aliphatic rings. The molecule has 1 rings (SSSR count). The van der Waals surface area contributed by atoms with Crippen molar-refractivity contribution in [2.75, 3.05) is 26.3 Å².